The molecular formula is C13H18ClNO. The minimum absolute atomic E-state index is 0.570. The third kappa shape index (κ3) is 2.18. The molecule has 1 aliphatic rings. The van der Waals surface area contributed by atoms with E-state index in [0.29, 0.717) is 5.92 Å². The molecule has 88 valence electrons. The van der Waals surface area contributed by atoms with Crippen molar-refractivity contribution in [3.63, 3.8) is 0 Å². The molecule has 0 aliphatic carbocycles. The molecule has 1 aromatic rings. The summed E-state index contributed by atoms with van der Waals surface area (Å²) in [7, 11) is 1.67. The van der Waals surface area contributed by atoms with Crippen LogP contribution in [0.3, 0.4) is 0 Å². The second-order valence-electron chi connectivity index (χ2n) is 4.24. The second-order valence-corrected chi connectivity index (χ2v) is 4.65. The number of fused-ring (bicyclic) bond motifs is 1. The molecule has 0 radical (unpaired) electrons. The van der Waals surface area contributed by atoms with Gasteiger partial charge in [0.05, 0.1) is 12.1 Å². The first-order valence-electron chi connectivity index (χ1n) is 5.83. The van der Waals surface area contributed by atoms with Crippen molar-refractivity contribution in [2.24, 2.45) is 0 Å². The van der Waals surface area contributed by atoms with Gasteiger partial charge in [-0.3, -0.25) is 0 Å². The fraction of sp³-hybridized carbons (Fsp3) is 0.538. The van der Waals surface area contributed by atoms with Gasteiger partial charge in [0.25, 0.3) is 0 Å². The summed E-state index contributed by atoms with van der Waals surface area (Å²) in [4.78, 5) is 0. The van der Waals surface area contributed by atoms with Crippen molar-refractivity contribution in [3.05, 3.63) is 28.3 Å². The van der Waals surface area contributed by atoms with Gasteiger partial charge in [-0.25, -0.2) is 0 Å². The van der Waals surface area contributed by atoms with Crippen LogP contribution in [0.4, 0.5) is 0 Å². The molecule has 2 rings (SSSR count). The Bertz CT molecular complexity index is 378. The Hall–Kier alpha value is -0.730. The molecule has 0 fully saturated rings. The van der Waals surface area contributed by atoms with Crippen LogP contribution in [0.25, 0.3) is 0 Å². The Morgan fingerprint density at radius 1 is 1.50 bits per heavy atom. The Labute approximate surface area is 102 Å². The van der Waals surface area contributed by atoms with E-state index < -0.39 is 0 Å². The maximum absolute atomic E-state index is 6.19. The number of benzene rings is 1. The van der Waals surface area contributed by atoms with Gasteiger partial charge in [-0.05, 0) is 48.6 Å². The molecule has 1 atom stereocenters. The maximum Gasteiger partial charge on any atom is 0.137 e. The average Bonchev–Trinajstić information content (AvgIpc) is 2.49. The Balaban J connectivity index is 2.45. The molecular weight excluding hydrogens is 222 g/mol. The van der Waals surface area contributed by atoms with Crippen LogP contribution in [0.15, 0.2) is 12.1 Å². The SMILES string of the molecule is CCC1CNCCc2cc(OC)c(Cl)cc21. The largest absolute Gasteiger partial charge is 0.495 e. The summed E-state index contributed by atoms with van der Waals surface area (Å²) in [6, 6.07) is 4.17. The highest BCUT2D eigenvalue weighted by atomic mass is 35.5. The maximum atomic E-state index is 6.19. The fourth-order valence-electron chi connectivity index (χ4n) is 2.34. The fourth-order valence-corrected chi connectivity index (χ4v) is 2.59. The molecule has 1 unspecified atom stereocenters. The molecule has 1 heterocycles. The molecule has 16 heavy (non-hydrogen) atoms. The van der Waals surface area contributed by atoms with Crippen molar-refractivity contribution < 1.29 is 4.74 Å². The minimum Gasteiger partial charge on any atom is -0.495 e. The van der Waals surface area contributed by atoms with E-state index in [-0.39, 0.29) is 0 Å². The van der Waals surface area contributed by atoms with Crippen molar-refractivity contribution in [1.29, 1.82) is 0 Å². The lowest BCUT2D eigenvalue weighted by Crippen LogP contribution is -2.19. The van der Waals surface area contributed by atoms with Crippen LogP contribution in [0.5, 0.6) is 5.75 Å². The Morgan fingerprint density at radius 3 is 3.00 bits per heavy atom. The van der Waals surface area contributed by atoms with Gasteiger partial charge in [0, 0.05) is 6.54 Å². The smallest absolute Gasteiger partial charge is 0.137 e. The zero-order chi connectivity index (χ0) is 11.5. The van der Waals surface area contributed by atoms with Gasteiger partial charge in [-0.2, -0.15) is 0 Å². The van der Waals surface area contributed by atoms with Crippen LogP contribution in [0, 0.1) is 0 Å². The number of methoxy groups -OCH3 is 1. The Morgan fingerprint density at radius 2 is 2.31 bits per heavy atom. The van der Waals surface area contributed by atoms with Crippen LogP contribution in [0.1, 0.15) is 30.4 Å². The third-order valence-corrected chi connectivity index (χ3v) is 3.60. The molecule has 1 aromatic carbocycles. The summed E-state index contributed by atoms with van der Waals surface area (Å²) in [6.45, 7) is 4.31. The van der Waals surface area contributed by atoms with Gasteiger partial charge >= 0.3 is 0 Å². The van der Waals surface area contributed by atoms with Crippen molar-refractivity contribution >= 4 is 11.6 Å². The minimum atomic E-state index is 0.570. The molecule has 0 amide bonds. The third-order valence-electron chi connectivity index (χ3n) is 3.31. The van der Waals surface area contributed by atoms with Crippen molar-refractivity contribution in [3.8, 4) is 5.75 Å². The van der Waals surface area contributed by atoms with Crippen LogP contribution in [-0.2, 0) is 6.42 Å². The van der Waals surface area contributed by atoms with Crippen molar-refractivity contribution in [2.45, 2.75) is 25.7 Å². The van der Waals surface area contributed by atoms with Gasteiger partial charge in [0.2, 0.25) is 0 Å². The lowest BCUT2D eigenvalue weighted by atomic mass is 9.92. The van der Waals surface area contributed by atoms with Gasteiger partial charge in [-0.1, -0.05) is 18.5 Å². The highest BCUT2D eigenvalue weighted by molar-refractivity contribution is 6.32. The van der Waals surface area contributed by atoms with E-state index in [2.05, 4.69) is 24.4 Å². The highest BCUT2D eigenvalue weighted by Gasteiger charge is 2.19. The average molecular weight is 240 g/mol. The van der Waals surface area contributed by atoms with E-state index in [1.807, 2.05) is 0 Å². The number of hydrogen-bond acceptors (Lipinski definition) is 2. The molecule has 1 aliphatic heterocycles. The number of halogens is 1. The van der Waals surface area contributed by atoms with Crippen LogP contribution in [-0.4, -0.2) is 20.2 Å². The van der Waals surface area contributed by atoms with Gasteiger partial charge < -0.3 is 10.1 Å². The predicted octanol–water partition coefficient (Wildman–Crippen LogP) is 2.99. The topological polar surface area (TPSA) is 21.3 Å². The lowest BCUT2D eigenvalue weighted by Gasteiger charge is -2.17. The molecule has 0 saturated carbocycles. The lowest BCUT2D eigenvalue weighted by molar-refractivity contribution is 0.414. The van der Waals surface area contributed by atoms with E-state index in [9.17, 15) is 0 Å². The monoisotopic (exact) mass is 239 g/mol. The second kappa shape index (κ2) is 5.07. The first kappa shape index (κ1) is 11.7. The number of hydrogen-bond donors (Lipinski definition) is 1. The summed E-state index contributed by atoms with van der Waals surface area (Å²) < 4.78 is 5.27. The first-order valence-corrected chi connectivity index (χ1v) is 6.21. The highest BCUT2D eigenvalue weighted by Crippen LogP contribution is 2.34. The van der Waals surface area contributed by atoms with Crippen LogP contribution in [0.2, 0.25) is 5.02 Å². The van der Waals surface area contributed by atoms with Crippen molar-refractivity contribution in [2.75, 3.05) is 20.2 Å². The van der Waals surface area contributed by atoms with Crippen molar-refractivity contribution in [1.82, 2.24) is 5.32 Å². The molecule has 3 heteroatoms. The standard InChI is InChI=1S/C13H18ClNO/c1-3-9-8-15-5-4-10-6-13(16-2)12(14)7-11(9)10/h6-7,9,15H,3-5,8H2,1-2H3. The van der Waals surface area contributed by atoms with Crippen LogP contribution >= 0.6 is 11.6 Å². The predicted molar refractivity (Wildman–Crippen MR) is 67.6 cm³/mol. The number of rotatable bonds is 2. The molecule has 0 bridgehead atoms. The zero-order valence-corrected chi connectivity index (χ0v) is 10.6. The van der Waals surface area contributed by atoms with E-state index in [1.54, 1.807) is 7.11 Å². The normalized spacial score (nSPS) is 20.1. The van der Waals surface area contributed by atoms with E-state index in [1.165, 1.54) is 11.1 Å². The van der Waals surface area contributed by atoms with Gasteiger partial charge in [0.15, 0.2) is 0 Å². The zero-order valence-electron chi connectivity index (χ0n) is 9.85. The molecule has 1 N–H and O–H groups in total. The first-order chi connectivity index (χ1) is 7.76. The van der Waals surface area contributed by atoms with Gasteiger partial charge in [-0.15, -0.1) is 0 Å². The summed E-state index contributed by atoms with van der Waals surface area (Å²) in [5, 5.41) is 4.19. The molecule has 0 spiro atoms. The molecule has 0 saturated heterocycles. The molecule has 0 aromatic heterocycles. The van der Waals surface area contributed by atoms with Crippen LogP contribution < -0.4 is 10.1 Å². The summed E-state index contributed by atoms with van der Waals surface area (Å²) in [6.07, 6.45) is 2.20. The summed E-state index contributed by atoms with van der Waals surface area (Å²) >= 11 is 6.19. The van der Waals surface area contributed by atoms with Gasteiger partial charge in [0.1, 0.15) is 5.75 Å². The number of ether oxygens (including phenoxy) is 1. The van der Waals surface area contributed by atoms with E-state index in [4.69, 9.17) is 16.3 Å². The number of nitrogens with one attached hydrogen (secondary N) is 1. The summed E-state index contributed by atoms with van der Waals surface area (Å²) in [5.41, 5.74) is 2.76. The quantitative estimate of drug-likeness (QED) is 0.857. The Kier molecular flexibility index (Phi) is 3.72. The summed E-state index contributed by atoms with van der Waals surface area (Å²) in [5.74, 6) is 1.36. The van der Waals surface area contributed by atoms with E-state index >= 15 is 0 Å². The molecule has 2 nitrogen and oxygen atoms in total. The van der Waals surface area contributed by atoms with E-state index in [0.717, 1.165) is 36.7 Å².